The highest BCUT2D eigenvalue weighted by Crippen LogP contribution is 2.17. The number of hydrogen-bond acceptors (Lipinski definition) is 2. The van der Waals surface area contributed by atoms with Crippen LogP contribution in [-0.2, 0) is 15.9 Å². The maximum absolute atomic E-state index is 5.80. The van der Waals surface area contributed by atoms with E-state index in [1.54, 1.807) is 0 Å². The quantitative estimate of drug-likeness (QED) is 0.658. The smallest absolute Gasteiger partial charge is 0.165 e. The molecule has 0 N–H and O–H groups in total. The molecule has 1 atom stereocenters. The van der Waals surface area contributed by atoms with E-state index in [2.05, 4.69) is 31.2 Å². The van der Waals surface area contributed by atoms with Crippen molar-refractivity contribution in [3.63, 3.8) is 0 Å². The first-order chi connectivity index (χ1) is 7.70. The average molecular weight is 222 g/mol. The van der Waals surface area contributed by atoms with Crippen molar-refractivity contribution in [1.82, 2.24) is 0 Å². The molecular weight excluding hydrogens is 200 g/mol. The highest BCUT2D eigenvalue weighted by molar-refractivity contribution is 5.14. The third-order valence-corrected chi connectivity index (χ3v) is 2.73. The minimum Gasteiger partial charge on any atom is -0.351 e. The Morgan fingerprint density at radius 3 is 2.31 bits per heavy atom. The first kappa shape index (κ1) is 13.2. The van der Waals surface area contributed by atoms with Crippen molar-refractivity contribution in [2.75, 3.05) is 13.2 Å². The molecule has 0 aliphatic heterocycles. The first-order valence-corrected chi connectivity index (χ1v) is 6.02. The second-order valence-electron chi connectivity index (χ2n) is 4.00. The monoisotopic (exact) mass is 222 g/mol. The molecule has 90 valence electrons. The fraction of sp³-hybridized carbons (Fsp3) is 0.571. The standard InChI is InChI=1S/C14H22O2/c1-4-14(3,15-5-2)16-12-11-13-9-7-6-8-10-13/h6-10H,4-5,11-12H2,1-3H3. The molecule has 1 unspecified atom stereocenters. The normalized spacial score (nSPS) is 14.7. The van der Waals surface area contributed by atoms with E-state index in [0.29, 0.717) is 13.2 Å². The molecular formula is C14H22O2. The third-order valence-electron chi connectivity index (χ3n) is 2.73. The van der Waals surface area contributed by atoms with Gasteiger partial charge in [0, 0.05) is 6.61 Å². The fourth-order valence-corrected chi connectivity index (χ4v) is 1.58. The molecule has 0 bridgehead atoms. The molecule has 2 heteroatoms. The molecule has 1 aromatic rings. The minimum absolute atomic E-state index is 0.427. The summed E-state index contributed by atoms with van der Waals surface area (Å²) in [5, 5.41) is 0. The lowest BCUT2D eigenvalue weighted by Crippen LogP contribution is -2.32. The van der Waals surface area contributed by atoms with Crippen molar-refractivity contribution in [3.05, 3.63) is 35.9 Å². The molecule has 0 saturated carbocycles. The lowest BCUT2D eigenvalue weighted by atomic mass is 10.1. The molecule has 0 aliphatic carbocycles. The van der Waals surface area contributed by atoms with Crippen LogP contribution in [0, 0.1) is 0 Å². The van der Waals surface area contributed by atoms with Crippen LogP contribution in [-0.4, -0.2) is 19.0 Å². The Labute approximate surface area is 98.6 Å². The van der Waals surface area contributed by atoms with Crippen LogP contribution in [0.5, 0.6) is 0 Å². The molecule has 0 aliphatic rings. The van der Waals surface area contributed by atoms with Gasteiger partial charge in [0.1, 0.15) is 0 Å². The summed E-state index contributed by atoms with van der Waals surface area (Å²) in [6.45, 7) is 7.47. The second kappa shape index (κ2) is 6.66. The van der Waals surface area contributed by atoms with Gasteiger partial charge in [-0.3, -0.25) is 0 Å². The predicted octanol–water partition coefficient (Wildman–Crippen LogP) is 3.41. The summed E-state index contributed by atoms with van der Waals surface area (Å²) in [5.74, 6) is -0.427. The predicted molar refractivity (Wildman–Crippen MR) is 66.4 cm³/mol. The van der Waals surface area contributed by atoms with Crippen LogP contribution in [0.25, 0.3) is 0 Å². The van der Waals surface area contributed by atoms with Gasteiger partial charge in [-0.05, 0) is 32.3 Å². The molecule has 0 aromatic heterocycles. The molecule has 1 rings (SSSR count). The average Bonchev–Trinajstić information content (AvgIpc) is 2.31. The summed E-state index contributed by atoms with van der Waals surface area (Å²) < 4.78 is 11.4. The molecule has 2 nitrogen and oxygen atoms in total. The summed E-state index contributed by atoms with van der Waals surface area (Å²) >= 11 is 0. The summed E-state index contributed by atoms with van der Waals surface area (Å²) in [6.07, 6.45) is 1.80. The van der Waals surface area contributed by atoms with E-state index >= 15 is 0 Å². The highest BCUT2D eigenvalue weighted by Gasteiger charge is 2.22. The van der Waals surface area contributed by atoms with Crippen LogP contribution in [0.1, 0.15) is 32.8 Å². The van der Waals surface area contributed by atoms with E-state index in [1.807, 2.05) is 19.9 Å². The van der Waals surface area contributed by atoms with Crippen LogP contribution < -0.4 is 0 Å². The summed E-state index contributed by atoms with van der Waals surface area (Å²) in [6, 6.07) is 10.4. The minimum atomic E-state index is -0.427. The van der Waals surface area contributed by atoms with Gasteiger partial charge in [0.05, 0.1) is 6.61 Å². The van der Waals surface area contributed by atoms with Crippen LogP contribution >= 0.6 is 0 Å². The van der Waals surface area contributed by atoms with E-state index in [0.717, 1.165) is 12.8 Å². The van der Waals surface area contributed by atoms with Crippen molar-refractivity contribution in [2.24, 2.45) is 0 Å². The molecule has 0 spiro atoms. The van der Waals surface area contributed by atoms with Gasteiger partial charge in [-0.15, -0.1) is 0 Å². The third kappa shape index (κ3) is 4.33. The molecule has 0 fully saturated rings. The summed E-state index contributed by atoms with van der Waals surface area (Å²) in [5.41, 5.74) is 1.30. The Morgan fingerprint density at radius 2 is 1.75 bits per heavy atom. The van der Waals surface area contributed by atoms with Crippen molar-refractivity contribution >= 4 is 0 Å². The molecule has 0 amide bonds. The SMILES string of the molecule is CCOC(C)(CC)OCCc1ccccc1. The van der Waals surface area contributed by atoms with Crippen molar-refractivity contribution in [2.45, 2.75) is 39.4 Å². The zero-order chi connectivity index (χ0) is 11.9. The van der Waals surface area contributed by atoms with Gasteiger partial charge in [-0.25, -0.2) is 0 Å². The number of rotatable bonds is 7. The zero-order valence-electron chi connectivity index (χ0n) is 10.5. The van der Waals surface area contributed by atoms with Gasteiger partial charge in [-0.2, -0.15) is 0 Å². The zero-order valence-corrected chi connectivity index (χ0v) is 10.5. The Balaban J connectivity index is 2.34. The van der Waals surface area contributed by atoms with Gasteiger partial charge in [0.25, 0.3) is 0 Å². The Kier molecular flexibility index (Phi) is 5.50. The largest absolute Gasteiger partial charge is 0.351 e. The van der Waals surface area contributed by atoms with Crippen molar-refractivity contribution in [3.8, 4) is 0 Å². The van der Waals surface area contributed by atoms with E-state index in [9.17, 15) is 0 Å². The molecule has 0 heterocycles. The maximum atomic E-state index is 5.80. The summed E-state index contributed by atoms with van der Waals surface area (Å²) in [4.78, 5) is 0. The molecule has 0 radical (unpaired) electrons. The fourth-order valence-electron chi connectivity index (χ4n) is 1.58. The lowest BCUT2D eigenvalue weighted by Gasteiger charge is -2.28. The van der Waals surface area contributed by atoms with Gasteiger partial charge in [0.2, 0.25) is 0 Å². The molecule has 0 saturated heterocycles. The van der Waals surface area contributed by atoms with Crippen LogP contribution in [0.15, 0.2) is 30.3 Å². The van der Waals surface area contributed by atoms with Gasteiger partial charge >= 0.3 is 0 Å². The van der Waals surface area contributed by atoms with E-state index in [1.165, 1.54) is 5.56 Å². The van der Waals surface area contributed by atoms with Gasteiger partial charge in [0.15, 0.2) is 5.79 Å². The van der Waals surface area contributed by atoms with Crippen LogP contribution in [0.2, 0.25) is 0 Å². The topological polar surface area (TPSA) is 18.5 Å². The molecule has 16 heavy (non-hydrogen) atoms. The maximum Gasteiger partial charge on any atom is 0.165 e. The van der Waals surface area contributed by atoms with Crippen LogP contribution in [0.4, 0.5) is 0 Å². The summed E-state index contributed by atoms with van der Waals surface area (Å²) in [7, 11) is 0. The highest BCUT2D eigenvalue weighted by atomic mass is 16.7. The molecule has 1 aromatic carbocycles. The number of hydrogen-bond donors (Lipinski definition) is 0. The Bertz CT molecular complexity index is 284. The van der Waals surface area contributed by atoms with Crippen LogP contribution in [0.3, 0.4) is 0 Å². The number of benzene rings is 1. The second-order valence-corrected chi connectivity index (χ2v) is 4.00. The van der Waals surface area contributed by atoms with Crippen molar-refractivity contribution < 1.29 is 9.47 Å². The van der Waals surface area contributed by atoms with E-state index in [4.69, 9.17) is 9.47 Å². The Hall–Kier alpha value is -0.860. The lowest BCUT2D eigenvalue weighted by molar-refractivity contribution is -0.224. The Morgan fingerprint density at radius 1 is 1.06 bits per heavy atom. The number of ether oxygens (including phenoxy) is 2. The van der Waals surface area contributed by atoms with Gasteiger partial charge in [-0.1, -0.05) is 37.3 Å². The first-order valence-electron chi connectivity index (χ1n) is 6.02. The van der Waals surface area contributed by atoms with Gasteiger partial charge < -0.3 is 9.47 Å². The van der Waals surface area contributed by atoms with Crippen molar-refractivity contribution in [1.29, 1.82) is 0 Å². The van der Waals surface area contributed by atoms with E-state index in [-0.39, 0.29) is 0 Å². The van der Waals surface area contributed by atoms with E-state index < -0.39 is 5.79 Å².